The number of furan rings is 1. The highest BCUT2D eigenvalue weighted by Gasteiger charge is 2.30. The maximum absolute atomic E-state index is 12.6. The van der Waals surface area contributed by atoms with Crippen molar-refractivity contribution in [1.82, 2.24) is 9.80 Å². The van der Waals surface area contributed by atoms with Crippen molar-refractivity contribution in [2.45, 2.75) is 19.1 Å². The van der Waals surface area contributed by atoms with Crippen molar-refractivity contribution in [3.8, 4) is 0 Å². The Bertz CT molecular complexity index is 759. The molecule has 26 heavy (non-hydrogen) atoms. The first-order valence-electron chi connectivity index (χ1n) is 8.26. The van der Waals surface area contributed by atoms with Gasteiger partial charge >= 0.3 is 6.18 Å². The monoisotopic (exact) mass is 430 g/mol. The lowest BCUT2D eigenvalue weighted by Gasteiger charge is -2.21. The molecule has 2 heterocycles. The minimum atomic E-state index is -4.32. The molecule has 0 radical (unpaired) electrons. The molecular formula is C18H18BrF3N2O2. The first-order valence-corrected chi connectivity index (χ1v) is 9.05. The summed E-state index contributed by atoms with van der Waals surface area (Å²) >= 11 is 3.19. The molecule has 0 saturated carbocycles. The van der Waals surface area contributed by atoms with E-state index in [1.165, 1.54) is 12.1 Å². The van der Waals surface area contributed by atoms with Gasteiger partial charge in [-0.3, -0.25) is 9.69 Å². The Labute approximate surface area is 157 Å². The van der Waals surface area contributed by atoms with E-state index < -0.39 is 11.7 Å². The van der Waals surface area contributed by atoms with E-state index in [-0.39, 0.29) is 5.91 Å². The average Bonchev–Trinajstić information content (AvgIpc) is 2.89. The van der Waals surface area contributed by atoms with Gasteiger partial charge in [0, 0.05) is 32.7 Å². The predicted octanol–water partition coefficient (Wildman–Crippen LogP) is 4.41. The van der Waals surface area contributed by atoms with Crippen molar-refractivity contribution in [2.24, 2.45) is 0 Å². The van der Waals surface area contributed by atoms with Crippen molar-refractivity contribution in [2.75, 3.05) is 26.2 Å². The number of carbonyl (C=O) groups is 1. The smallest absolute Gasteiger partial charge is 0.416 e. The second-order valence-electron chi connectivity index (χ2n) is 6.22. The van der Waals surface area contributed by atoms with Crippen LogP contribution in [0.2, 0.25) is 0 Å². The number of amides is 1. The largest absolute Gasteiger partial charge is 0.444 e. The van der Waals surface area contributed by atoms with Gasteiger partial charge in [0.25, 0.3) is 5.91 Å². The molecule has 0 unspecified atom stereocenters. The van der Waals surface area contributed by atoms with Crippen molar-refractivity contribution in [3.63, 3.8) is 0 Å². The fraction of sp³-hybridized carbons (Fsp3) is 0.389. The highest BCUT2D eigenvalue weighted by Crippen LogP contribution is 2.29. The molecule has 8 heteroatoms. The van der Waals surface area contributed by atoms with Gasteiger partial charge in [0.1, 0.15) is 0 Å². The van der Waals surface area contributed by atoms with Crippen LogP contribution in [0.15, 0.2) is 45.5 Å². The van der Waals surface area contributed by atoms with E-state index in [0.29, 0.717) is 36.6 Å². The van der Waals surface area contributed by atoms with Crippen LogP contribution in [0.3, 0.4) is 0 Å². The highest BCUT2D eigenvalue weighted by molar-refractivity contribution is 9.10. The molecule has 1 saturated heterocycles. The number of hydrogen-bond donors (Lipinski definition) is 0. The molecule has 3 rings (SSSR count). The maximum Gasteiger partial charge on any atom is 0.416 e. The molecule has 1 amide bonds. The molecule has 1 aliphatic rings. The summed E-state index contributed by atoms with van der Waals surface area (Å²) in [6.45, 7) is 3.19. The van der Waals surface area contributed by atoms with Crippen molar-refractivity contribution < 1.29 is 22.4 Å². The molecule has 1 aromatic heterocycles. The molecule has 0 bridgehead atoms. The summed E-state index contributed by atoms with van der Waals surface area (Å²) in [5.41, 5.74) is 0.186. The summed E-state index contributed by atoms with van der Waals surface area (Å²) in [6.07, 6.45) is -3.52. The summed E-state index contributed by atoms with van der Waals surface area (Å²) in [5, 5.41) is 0. The van der Waals surface area contributed by atoms with Gasteiger partial charge in [0.2, 0.25) is 0 Å². The molecule has 1 fully saturated rings. The summed E-state index contributed by atoms with van der Waals surface area (Å²) in [4.78, 5) is 16.3. The Morgan fingerprint density at radius 1 is 1.04 bits per heavy atom. The maximum atomic E-state index is 12.6. The van der Waals surface area contributed by atoms with E-state index in [4.69, 9.17) is 4.42 Å². The van der Waals surface area contributed by atoms with Crippen LogP contribution in [-0.2, 0) is 12.7 Å². The standard InChI is InChI=1S/C18H18BrF3N2O2/c19-16-7-6-15(26-16)17(25)24-9-1-8-23(10-11-24)12-13-2-4-14(5-3-13)18(20,21)22/h2-7H,1,8-12H2. The minimum Gasteiger partial charge on any atom is -0.444 e. The predicted molar refractivity (Wildman–Crippen MR) is 93.6 cm³/mol. The fourth-order valence-electron chi connectivity index (χ4n) is 2.97. The fourth-order valence-corrected chi connectivity index (χ4v) is 3.28. The van der Waals surface area contributed by atoms with Crippen LogP contribution in [0, 0.1) is 0 Å². The molecule has 0 spiro atoms. The van der Waals surface area contributed by atoms with Crippen LogP contribution in [0.25, 0.3) is 0 Å². The Balaban J connectivity index is 1.58. The van der Waals surface area contributed by atoms with Gasteiger partial charge in [-0.05, 0) is 52.2 Å². The van der Waals surface area contributed by atoms with E-state index in [0.717, 1.165) is 30.7 Å². The van der Waals surface area contributed by atoms with Crippen LogP contribution in [0.1, 0.15) is 28.1 Å². The van der Waals surface area contributed by atoms with Gasteiger partial charge in [0.05, 0.1) is 5.56 Å². The lowest BCUT2D eigenvalue weighted by atomic mass is 10.1. The van der Waals surface area contributed by atoms with Gasteiger partial charge < -0.3 is 9.32 Å². The topological polar surface area (TPSA) is 36.7 Å². The van der Waals surface area contributed by atoms with Gasteiger partial charge in [0.15, 0.2) is 10.4 Å². The third-order valence-corrected chi connectivity index (χ3v) is 4.77. The Morgan fingerprint density at radius 2 is 1.77 bits per heavy atom. The summed E-state index contributed by atoms with van der Waals surface area (Å²) < 4.78 is 43.7. The van der Waals surface area contributed by atoms with Gasteiger partial charge in [-0.2, -0.15) is 13.2 Å². The highest BCUT2D eigenvalue weighted by atomic mass is 79.9. The molecule has 0 N–H and O–H groups in total. The molecule has 1 aromatic carbocycles. The number of halogens is 4. The first kappa shape index (κ1) is 19.0. The zero-order valence-electron chi connectivity index (χ0n) is 13.9. The number of alkyl halides is 3. The van der Waals surface area contributed by atoms with Crippen molar-refractivity contribution >= 4 is 21.8 Å². The average molecular weight is 431 g/mol. The molecule has 2 aromatic rings. The van der Waals surface area contributed by atoms with Crippen LogP contribution in [-0.4, -0.2) is 41.9 Å². The second-order valence-corrected chi connectivity index (χ2v) is 7.00. The van der Waals surface area contributed by atoms with E-state index >= 15 is 0 Å². The third kappa shape index (κ3) is 4.67. The molecule has 0 aliphatic carbocycles. The lowest BCUT2D eigenvalue weighted by Crippen LogP contribution is -2.34. The van der Waals surface area contributed by atoms with E-state index in [1.807, 2.05) is 0 Å². The number of nitrogens with zero attached hydrogens (tertiary/aromatic N) is 2. The zero-order valence-corrected chi connectivity index (χ0v) is 15.5. The van der Waals surface area contributed by atoms with E-state index in [1.54, 1.807) is 17.0 Å². The molecular weight excluding hydrogens is 413 g/mol. The zero-order chi connectivity index (χ0) is 18.7. The summed E-state index contributed by atoms with van der Waals surface area (Å²) in [7, 11) is 0. The lowest BCUT2D eigenvalue weighted by molar-refractivity contribution is -0.137. The van der Waals surface area contributed by atoms with E-state index in [2.05, 4.69) is 20.8 Å². The number of benzene rings is 1. The van der Waals surface area contributed by atoms with Gasteiger partial charge in [-0.1, -0.05) is 12.1 Å². The van der Waals surface area contributed by atoms with E-state index in [9.17, 15) is 18.0 Å². The van der Waals surface area contributed by atoms with Crippen LogP contribution < -0.4 is 0 Å². The number of rotatable bonds is 3. The van der Waals surface area contributed by atoms with Crippen molar-refractivity contribution in [3.05, 3.63) is 58.0 Å². The third-order valence-electron chi connectivity index (χ3n) is 4.35. The summed E-state index contributed by atoms with van der Waals surface area (Å²) in [6, 6.07) is 8.56. The van der Waals surface area contributed by atoms with Gasteiger partial charge in [-0.15, -0.1) is 0 Å². The van der Waals surface area contributed by atoms with Crippen LogP contribution in [0.5, 0.6) is 0 Å². The van der Waals surface area contributed by atoms with Crippen LogP contribution in [0.4, 0.5) is 13.2 Å². The molecule has 0 atom stereocenters. The SMILES string of the molecule is O=C(c1ccc(Br)o1)N1CCCN(Cc2ccc(C(F)(F)F)cc2)CC1. The summed E-state index contributed by atoms with van der Waals surface area (Å²) in [5.74, 6) is 0.153. The quantitative estimate of drug-likeness (QED) is 0.723. The Morgan fingerprint density at radius 3 is 2.38 bits per heavy atom. The van der Waals surface area contributed by atoms with Crippen LogP contribution >= 0.6 is 15.9 Å². The minimum absolute atomic E-state index is 0.146. The number of carbonyl (C=O) groups excluding carboxylic acids is 1. The molecule has 1 aliphatic heterocycles. The Kier molecular flexibility index (Phi) is 5.72. The van der Waals surface area contributed by atoms with Gasteiger partial charge in [-0.25, -0.2) is 0 Å². The Hall–Kier alpha value is -1.80. The normalized spacial score (nSPS) is 16.5. The first-order chi connectivity index (χ1) is 12.3. The molecule has 140 valence electrons. The van der Waals surface area contributed by atoms with Crippen molar-refractivity contribution in [1.29, 1.82) is 0 Å². The second kappa shape index (κ2) is 7.84. The molecule has 4 nitrogen and oxygen atoms in total. The number of hydrogen-bond acceptors (Lipinski definition) is 3.